The molecule has 3 rings (SSSR count). The third-order valence-electron chi connectivity index (χ3n) is 5.33. The highest BCUT2D eigenvalue weighted by atomic mass is 16.5. The van der Waals surface area contributed by atoms with Gasteiger partial charge in [0.2, 0.25) is 0 Å². The number of ether oxygens (including phenoxy) is 4. The van der Waals surface area contributed by atoms with E-state index in [1.54, 1.807) is 14.2 Å². The van der Waals surface area contributed by atoms with Gasteiger partial charge in [0.1, 0.15) is 23.9 Å². The Kier molecular flexibility index (Phi) is 9.36. The largest absolute Gasteiger partial charge is 0.497 e. The first-order chi connectivity index (χ1) is 16.2. The van der Waals surface area contributed by atoms with E-state index < -0.39 is 0 Å². The zero-order chi connectivity index (χ0) is 23.5. The first-order valence-electron chi connectivity index (χ1n) is 11.1. The van der Waals surface area contributed by atoms with Gasteiger partial charge in [-0.3, -0.25) is 0 Å². The van der Waals surface area contributed by atoms with Gasteiger partial charge in [-0.15, -0.1) is 0 Å². The average Bonchev–Trinajstić information content (AvgIpc) is 2.87. The summed E-state index contributed by atoms with van der Waals surface area (Å²) in [5.74, 6) is 2.43. The molecule has 33 heavy (non-hydrogen) atoms. The van der Waals surface area contributed by atoms with Crippen LogP contribution >= 0.6 is 0 Å². The number of allylic oxidation sites excluding steroid dienone is 1. The van der Waals surface area contributed by atoms with Crippen LogP contribution in [0.2, 0.25) is 0 Å². The van der Waals surface area contributed by atoms with E-state index in [1.165, 1.54) is 5.57 Å². The number of rotatable bonds is 12. The highest BCUT2D eigenvalue weighted by Gasteiger charge is 2.14. The lowest BCUT2D eigenvalue weighted by Crippen LogP contribution is -2.09. The summed E-state index contributed by atoms with van der Waals surface area (Å²) in [6.45, 7) is 3.36. The van der Waals surface area contributed by atoms with Crippen molar-refractivity contribution < 1.29 is 24.1 Å². The van der Waals surface area contributed by atoms with Crippen LogP contribution in [0.5, 0.6) is 17.2 Å². The Balaban J connectivity index is 2.01. The summed E-state index contributed by atoms with van der Waals surface area (Å²) in [5, 5.41) is 8.82. The molecule has 5 nitrogen and oxygen atoms in total. The zero-order valence-electron chi connectivity index (χ0n) is 19.5. The van der Waals surface area contributed by atoms with Crippen molar-refractivity contribution in [2.24, 2.45) is 0 Å². The molecule has 0 unspecified atom stereocenters. The molecule has 0 radical (unpaired) electrons. The van der Waals surface area contributed by atoms with Gasteiger partial charge >= 0.3 is 0 Å². The van der Waals surface area contributed by atoms with E-state index in [2.05, 4.69) is 43.3 Å². The molecule has 0 aliphatic carbocycles. The summed E-state index contributed by atoms with van der Waals surface area (Å²) in [5.41, 5.74) is 5.70. The highest BCUT2D eigenvalue weighted by Crippen LogP contribution is 2.36. The van der Waals surface area contributed by atoms with E-state index in [1.807, 2.05) is 36.4 Å². The molecule has 174 valence electrons. The van der Waals surface area contributed by atoms with Crippen molar-refractivity contribution in [3.8, 4) is 17.2 Å². The fourth-order valence-corrected chi connectivity index (χ4v) is 3.71. The van der Waals surface area contributed by atoms with Gasteiger partial charge in [-0.2, -0.15) is 0 Å². The van der Waals surface area contributed by atoms with Crippen molar-refractivity contribution in [1.29, 1.82) is 0 Å². The first kappa shape index (κ1) is 24.4. The smallest absolute Gasteiger partial charge is 0.120 e. The molecule has 0 aromatic heterocycles. The van der Waals surface area contributed by atoms with Gasteiger partial charge in [0, 0.05) is 0 Å². The van der Waals surface area contributed by atoms with Crippen molar-refractivity contribution in [1.82, 2.24) is 0 Å². The van der Waals surface area contributed by atoms with Gasteiger partial charge in [0.25, 0.3) is 0 Å². The molecule has 0 atom stereocenters. The van der Waals surface area contributed by atoms with Crippen LogP contribution in [0.1, 0.15) is 30.0 Å². The van der Waals surface area contributed by atoms with Crippen LogP contribution in [-0.4, -0.2) is 45.8 Å². The number of hydrogen-bond donors (Lipinski definition) is 1. The van der Waals surface area contributed by atoms with Crippen molar-refractivity contribution in [3.05, 3.63) is 89.5 Å². The molecule has 0 aliphatic heterocycles. The van der Waals surface area contributed by atoms with Crippen LogP contribution in [0.25, 0.3) is 11.1 Å². The van der Waals surface area contributed by atoms with Gasteiger partial charge in [0.15, 0.2) is 0 Å². The lowest BCUT2D eigenvalue weighted by Gasteiger charge is -2.18. The van der Waals surface area contributed by atoms with E-state index >= 15 is 0 Å². The molecule has 0 aliphatic rings. The number of hydrogen-bond acceptors (Lipinski definition) is 5. The molecule has 0 fully saturated rings. The van der Waals surface area contributed by atoms with Crippen LogP contribution in [0, 0.1) is 0 Å². The standard InChI is InChI=1S/C28H32O5/c1-4-27(23-6-5-7-26(20-23)33-19-18-32-17-16-29)28(21-8-12-24(30-2)13-9-21)22-10-14-25(31-3)15-11-22/h5-15,20,29H,4,16-19H2,1-3H3. The molecule has 3 aromatic rings. The third-order valence-corrected chi connectivity index (χ3v) is 5.33. The van der Waals surface area contributed by atoms with Gasteiger partial charge in [-0.05, 0) is 70.7 Å². The molecule has 0 amide bonds. The van der Waals surface area contributed by atoms with Crippen LogP contribution in [0.4, 0.5) is 0 Å². The molecule has 1 N–H and O–H groups in total. The Hall–Kier alpha value is -3.28. The number of benzene rings is 3. The molecular weight excluding hydrogens is 416 g/mol. The second-order valence-corrected chi connectivity index (χ2v) is 7.38. The first-order valence-corrected chi connectivity index (χ1v) is 11.1. The van der Waals surface area contributed by atoms with Crippen LogP contribution in [0.3, 0.4) is 0 Å². The quantitative estimate of drug-likeness (QED) is 0.295. The maximum atomic E-state index is 8.82. The van der Waals surface area contributed by atoms with E-state index in [9.17, 15) is 0 Å². The van der Waals surface area contributed by atoms with Crippen molar-refractivity contribution in [2.75, 3.05) is 40.6 Å². The van der Waals surface area contributed by atoms with E-state index in [-0.39, 0.29) is 6.61 Å². The molecule has 0 saturated carbocycles. The average molecular weight is 449 g/mol. The van der Waals surface area contributed by atoms with Crippen LogP contribution in [-0.2, 0) is 4.74 Å². The Morgan fingerprint density at radius 3 is 1.82 bits per heavy atom. The number of aliphatic hydroxyl groups is 1. The minimum atomic E-state index is 0.0135. The molecule has 3 aromatic carbocycles. The second kappa shape index (κ2) is 12.7. The van der Waals surface area contributed by atoms with Gasteiger partial charge in [-0.1, -0.05) is 43.3 Å². The fourth-order valence-electron chi connectivity index (χ4n) is 3.71. The molecular formula is C28H32O5. The Morgan fingerprint density at radius 2 is 1.30 bits per heavy atom. The summed E-state index contributed by atoms with van der Waals surface area (Å²) in [4.78, 5) is 0. The van der Waals surface area contributed by atoms with E-state index in [4.69, 9.17) is 24.1 Å². The lowest BCUT2D eigenvalue weighted by atomic mass is 9.88. The van der Waals surface area contributed by atoms with Crippen molar-refractivity contribution in [2.45, 2.75) is 13.3 Å². The van der Waals surface area contributed by atoms with E-state index in [0.29, 0.717) is 19.8 Å². The normalized spacial score (nSPS) is 10.5. The molecule has 0 heterocycles. The summed E-state index contributed by atoms with van der Waals surface area (Å²) in [6.07, 6.45) is 0.844. The minimum absolute atomic E-state index is 0.0135. The second-order valence-electron chi connectivity index (χ2n) is 7.38. The topological polar surface area (TPSA) is 57.2 Å². The van der Waals surface area contributed by atoms with Crippen molar-refractivity contribution >= 4 is 11.1 Å². The van der Waals surface area contributed by atoms with Gasteiger partial charge < -0.3 is 24.1 Å². The molecule has 5 heteroatoms. The monoisotopic (exact) mass is 448 g/mol. The summed E-state index contributed by atoms with van der Waals surface area (Å²) in [7, 11) is 3.35. The summed E-state index contributed by atoms with van der Waals surface area (Å²) in [6, 6.07) is 24.4. The van der Waals surface area contributed by atoms with Crippen LogP contribution < -0.4 is 14.2 Å². The molecule has 0 bridgehead atoms. The SMILES string of the molecule is CCC(=C(c1ccc(OC)cc1)c1ccc(OC)cc1)c1cccc(OCCOCCO)c1. The zero-order valence-corrected chi connectivity index (χ0v) is 19.5. The van der Waals surface area contributed by atoms with Crippen molar-refractivity contribution in [3.63, 3.8) is 0 Å². The highest BCUT2D eigenvalue weighted by molar-refractivity contribution is 5.98. The Bertz CT molecular complexity index is 973. The number of methoxy groups -OCH3 is 2. The Morgan fingerprint density at radius 1 is 0.697 bits per heavy atom. The number of aliphatic hydroxyl groups excluding tert-OH is 1. The fraction of sp³-hybridized carbons (Fsp3) is 0.286. The van der Waals surface area contributed by atoms with Gasteiger partial charge in [0.05, 0.1) is 34.0 Å². The maximum Gasteiger partial charge on any atom is 0.120 e. The Labute approximate surface area is 196 Å². The molecule has 0 spiro atoms. The third kappa shape index (κ3) is 6.60. The van der Waals surface area contributed by atoms with Crippen LogP contribution in [0.15, 0.2) is 72.8 Å². The predicted octanol–water partition coefficient (Wildman–Crippen LogP) is 5.46. The maximum absolute atomic E-state index is 8.82. The lowest BCUT2D eigenvalue weighted by molar-refractivity contribution is 0.0705. The minimum Gasteiger partial charge on any atom is -0.497 e. The predicted molar refractivity (Wildman–Crippen MR) is 132 cm³/mol. The van der Waals surface area contributed by atoms with E-state index in [0.717, 1.165) is 45.9 Å². The molecule has 0 saturated heterocycles. The summed E-state index contributed by atoms with van der Waals surface area (Å²) >= 11 is 0. The van der Waals surface area contributed by atoms with Gasteiger partial charge in [-0.25, -0.2) is 0 Å². The summed E-state index contributed by atoms with van der Waals surface area (Å²) < 4.78 is 21.9.